The van der Waals surface area contributed by atoms with E-state index in [1.807, 2.05) is 0 Å². The van der Waals surface area contributed by atoms with Gasteiger partial charge in [-0.25, -0.2) is 0 Å². The second-order valence-electron chi connectivity index (χ2n) is 7.19. The smallest absolute Gasteiger partial charge is 0.237 e. The second kappa shape index (κ2) is 6.23. The Morgan fingerprint density at radius 3 is 2.76 bits per heavy atom. The van der Waals surface area contributed by atoms with Crippen LogP contribution in [0.4, 0.5) is 0 Å². The zero-order valence-corrected chi connectivity index (χ0v) is 13.1. The number of nitrogens with one attached hydrogen (secondary N) is 1. The van der Waals surface area contributed by atoms with Crippen LogP contribution in [0.25, 0.3) is 0 Å². The summed E-state index contributed by atoms with van der Waals surface area (Å²) in [5.74, 6) is -0.162. The summed E-state index contributed by atoms with van der Waals surface area (Å²) in [6.07, 6.45) is 9.06. The Kier molecular flexibility index (Phi) is 4.52. The van der Waals surface area contributed by atoms with Gasteiger partial charge >= 0.3 is 0 Å². The number of nitrogens with zero attached hydrogens (tertiary/aromatic N) is 1. The monoisotopic (exact) mass is 295 g/mol. The lowest BCUT2D eigenvalue weighted by atomic mass is 9.77. The van der Waals surface area contributed by atoms with Crippen LogP contribution >= 0.6 is 0 Å². The molecule has 120 valence electrons. The molecule has 0 radical (unpaired) electrons. The molecule has 3 N–H and O–H groups in total. The SMILES string of the molecule is CN(CC1CCCO1)C1CCCC(NC2CC2)(C(N)=O)C1. The van der Waals surface area contributed by atoms with E-state index in [2.05, 4.69) is 17.3 Å². The van der Waals surface area contributed by atoms with Gasteiger partial charge in [-0.15, -0.1) is 0 Å². The fourth-order valence-corrected chi connectivity index (χ4v) is 3.93. The predicted octanol–water partition coefficient (Wildman–Crippen LogP) is 1.02. The minimum atomic E-state index is -0.477. The molecule has 0 bridgehead atoms. The molecule has 3 rings (SSSR count). The van der Waals surface area contributed by atoms with Gasteiger partial charge in [0.2, 0.25) is 5.91 Å². The molecule has 21 heavy (non-hydrogen) atoms. The fourth-order valence-electron chi connectivity index (χ4n) is 3.93. The average Bonchev–Trinajstić information content (AvgIpc) is 3.12. The highest BCUT2D eigenvalue weighted by atomic mass is 16.5. The van der Waals surface area contributed by atoms with E-state index in [-0.39, 0.29) is 5.91 Å². The third-order valence-corrected chi connectivity index (χ3v) is 5.39. The van der Waals surface area contributed by atoms with Crippen molar-refractivity contribution in [2.75, 3.05) is 20.2 Å². The van der Waals surface area contributed by atoms with Crippen molar-refractivity contribution >= 4 is 5.91 Å². The Labute approximate surface area is 127 Å². The Balaban J connectivity index is 1.61. The number of carbonyl (C=O) groups is 1. The van der Waals surface area contributed by atoms with E-state index in [4.69, 9.17) is 10.5 Å². The summed E-state index contributed by atoms with van der Waals surface area (Å²) in [6, 6.07) is 0.946. The molecule has 3 atom stereocenters. The van der Waals surface area contributed by atoms with Crippen LogP contribution < -0.4 is 11.1 Å². The van der Waals surface area contributed by atoms with E-state index in [9.17, 15) is 4.79 Å². The van der Waals surface area contributed by atoms with Crippen molar-refractivity contribution in [1.29, 1.82) is 0 Å². The first kappa shape index (κ1) is 15.3. The van der Waals surface area contributed by atoms with Crippen LogP contribution in [0, 0.1) is 0 Å². The zero-order valence-electron chi connectivity index (χ0n) is 13.1. The highest BCUT2D eigenvalue weighted by molar-refractivity contribution is 5.85. The summed E-state index contributed by atoms with van der Waals surface area (Å²) in [5.41, 5.74) is 5.28. The topological polar surface area (TPSA) is 67.6 Å². The molecule has 2 saturated carbocycles. The largest absolute Gasteiger partial charge is 0.377 e. The first-order valence-electron chi connectivity index (χ1n) is 8.48. The van der Waals surface area contributed by atoms with E-state index in [0.717, 1.165) is 38.8 Å². The maximum Gasteiger partial charge on any atom is 0.237 e. The Hall–Kier alpha value is -0.650. The summed E-state index contributed by atoms with van der Waals surface area (Å²) < 4.78 is 5.74. The predicted molar refractivity (Wildman–Crippen MR) is 81.9 cm³/mol. The van der Waals surface area contributed by atoms with Gasteiger partial charge in [-0.1, -0.05) is 0 Å². The molecule has 1 heterocycles. The van der Waals surface area contributed by atoms with E-state index < -0.39 is 5.54 Å². The standard InChI is InChI=1S/C16H29N3O2/c1-19(11-14-5-3-9-21-14)13-4-2-8-16(10-13,15(17)20)18-12-6-7-12/h12-14,18H,2-11H2,1H3,(H2,17,20). The molecule has 0 aromatic carbocycles. The molecule has 5 nitrogen and oxygen atoms in total. The number of ether oxygens (including phenoxy) is 1. The maximum absolute atomic E-state index is 12.1. The quantitative estimate of drug-likeness (QED) is 0.767. The van der Waals surface area contributed by atoms with Crippen LogP contribution in [0.1, 0.15) is 51.4 Å². The van der Waals surface area contributed by atoms with Crippen molar-refractivity contribution < 1.29 is 9.53 Å². The maximum atomic E-state index is 12.1. The minimum absolute atomic E-state index is 0.162. The zero-order chi connectivity index (χ0) is 14.9. The van der Waals surface area contributed by atoms with Gasteiger partial charge in [0.1, 0.15) is 0 Å². The van der Waals surface area contributed by atoms with Gasteiger partial charge in [-0.05, 0) is 58.4 Å². The van der Waals surface area contributed by atoms with Gasteiger partial charge in [0, 0.05) is 25.2 Å². The van der Waals surface area contributed by atoms with Crippen molar-refractivity contribution in [3.63, 3.8) is 0 Å². The van der Waals surface area contributed by atoms with Crippen LogP contribution in [0.2, 0.25) is 0 Å². The van der Waals surface area contributed by atoms with Gasteiger partial charge < -0.3 is 20.7 Å². The van der Waals surface area contributed by atoms with Crippen LogP contribution in [0.3, 0.4) is 0 Å². The molecule has 3 aliphatic rings. The number of hydrogen-bond acceptors (Lipinski definition) is 4. The Morgan fingerprint density at radius 2 is 2.14 bits per heavy atom. The Morgan fingerprint density at radius 1 is 1.33 bits per heavy atom. The molecule has 5 heteroatoms. The fraction of sp³-hybridized carbons (Fsp3) is 0.938. The van der Waals surface area contributed by atoms with Crippen LogP contribution in [-0.2, 0) is 9.53 Å². The van der Waals surface area contributed by atoms with Crippen molar-refractivity contribution in [3.05, 3.63) is 0 Å². The highest BCUT2D eigenvalue weighted by Crippen LogP contribution is 2.34. The molecule has 0 spiro atoms. The number of nitrogens with two attached hydrogens (primary N) is 1. The lowest BCUT2D eigenvalue weighted by molar-refractivity contribution is -0.126. The number of rotatable bonds is 6. The van der Waals surface area contributed by atoms with E-state index in [0.29, 0.717) is 18.2 Å². The summed E-state index contributed by atoms with van der Waals surface area (Å²) in [6.45, 7) is 1.88. The van der Waals surface area contributed by atoms with Crippen molar-refractivity contribution in [3.8, 4) is 0 Å². The highest BCUT2D eigenvalue weighted by Gasteiger charge is 2.45. The normalized spacial score (nSPS) is 37.0. The second-order valence-corrected chi connectivity index (χ2v) is 7.19. The molecule has 3 fully saturated rings. The molecule has 1 saturated heterocycles. The minimum Gasteiger partial charge on any atom is -0.377 e. The molecule has 0 aromatic heterocycles. The van der Waals surface area contributed by atoms with Gasteiger partial charge in [-0.3, -0.25) is 4.79 Å². The third kappa shape index (κ3) is 3.58. The lowest BCUT2D eigenvalue weighted by Crippen LogP contribution is -2.61. The van der Waals surface area contributed by atoms with Crippen molar-refractivity contribution in [1.82, 2.24) is 10.2 Å². The van der Waals surface area contributed by atoms with Crippen molar-refractivity contribution in [2.24, 2.45) is 5.73 Å². The summed E-state index contributed by atoms with van der Waals surface area (Å²) in [4.78, 5) is 14.5. The molecule has 3 unspecified atom stereocenters. The Bertz CT molecular complexity index is 380. The van der Waals surface area contributed by atoms with Gasteiger partial charge in [-0.2, -0.15) is 0 Å². The molecule has 1 aliphatic heterocycles. The number of likely N-dealkylation sites (N-methyl/N-ethyl adjacent to an activating group) is 1. The van der Waals surface area contributed by atoms with Gasteiger partial charge in [0.25, 0.3) is 0 Å². The summed E-state index contributed by atoms with van der Waals surface area (Å²) in [7, 11) is 2.17. The van der Waals surface area contributed by atoms with Gasteiger partial charge in [0.15, 0.2) is 0 Å². The first-order chi connectivity index (χ1) is 10.1. The summed E-state index contributed by atoms with van der Waals surface area (Å²) >= 11 is 0. The van der Waals surface area contributed by atoms with Gasteiger partial charge in [0.05, 0.1) is 11.6 Å². The molecule has 2 aliphatic carbocycles. The number of amides is 1. The van der Waals surface area contributed by atoms with Crippen LogP contribution in [0.5, 0.6) is 0 Å². The molecular weight excluding hydrogens is 266 g/mol. The number of primary amides is 1. The van der Waals surface area contributed by atoms with E-state index >= 15 is 0 Å². The third-order valence-electron chi connectivity index (χ3n) is 5.39. The van der Waals surface area contributed by atoms with E-state index in [1.165, 1.54) is 25.7 Å². The lowest BCUT2D eigenvalue weighted by Gasteiger charge is -2.43. The van der Waals surface area contributed by atoms with E-state index in [1.54, 1.807) is 0 Å². The number of carbonyl (C=O) groups excluding carboxylic acids is 1. The van der Waals surface area contributed by atoms with Crippen LogP contribution in [0.15, 0.2) is 0 Å². The summed E-state index contributed by atoms with van der Waals surface area (Å²) in [5, 5.41) is 3.55. The van der Waals surface area contributed by atoms with Crippen LogP contribution in [-0.4, -0.2) is 54.7 Å². The average molecular weight is 295 g/mol. The molecule has 0 aromatic rings. The molecular formula is C16H29N3O2. The van der Waals surface area contributed by atoms with Crippen molar-refractivity contribution in [2.45, 2.75) is 75.1 Å². The molecule has 1 amide bonds. The number of hydrogen-bond donors (Lipinski definition) is 2. The first-order valence-corrected chi connectivity index (χ1v) is 8.48.